The van der Waals surface area contributed by atoms with E-state index in [2.05, 4.69) is 20.9 Å². The second-order valence-electron chi connectivity index (χ2n) is 6.90. The van der Waals surface area contributed by atoms with Crippen molar-refractivity contribution in [2.75, 3.05) is 25.0 Å². The van der Waals surface area contributed by atoms with Gasteiger partial charge in [0.05, 0.1) is 12.1 Å². The molecule has 1 saturated heterocycles. The number of carbonyl (C=O) groups is 2. The van der Waals surface area contributed by atoms with E-state index in [0.29, 0.717) is 34.9 Å². The zero-order valence-corrected chi connectivity index (χ0v) is 16.5. The molecule has 0 atom stereocenters. The monoisotopic (exact) mass is 412 g/mol. The summed E-state index contributed by atoms with van der Waals surface area (Å²) in [5, 5.41) is 14.4. The third kappa shape index (κ3) is 4.48. The minimum Gasteiger partial charge on any atom is -0.339 e. The Hall–Kier alpha value is -3.13. The summed E-state index contributed by atoms with van der Waals surface area (Å²) in [6.45, 7) is 2.47. The molecule has 0 bridgehead atoms. The predicted molar refractivity (Wildman–Crippen MR) is 111 cm³/mol. The summed E-state index contributed by atoms with van der Waals surface area (Å²) in [5.74, 6) is 0.0412. The molecule has 2 N–H and O–H groups in total. The number of hydrogen-bond donors (Lipinski definition) is 2. The van der Waals surface area contributed by atoms with Crippen molar-refractivity contribution in [3.63, 3.8) is 0 Å². The summed E-state index contributed by atoms with van der Waals surface area (Å²) in [4.78, 5) is 26.4. The molecular weight excluding hydrogens is 392 g/mol. The molecule has 150 valence electrons. The molecule has 0 saturated carbocycles. The highest BCUT2D eigenvalue weighted by Crippen LogP contribution is 2.17. The van der Waals surface area contributed by atoms with Crippen molar-refractivity contribution in [3.8, 4) is 0 Å². The number of hydrogen-bond acceptors (Lipinski definition) is 4. The first-order chi connectivity index (χ1) is 14.1. The summed E-state index contributed by atoms with van der Waals surface area (Å²) in [7, 11) is 0. The Morgan fingerprint density at radius 3 is 2.59 bits per heavy atom. The van der Waals surface area contributed by atoms with Crippen LogP contribution in [-0.4, -0.2) is 51.5 Å². The van der Waals surface area contributed by atoms with Gasteiger partial charge in [0.2, 0.25) is 0 Å². The van der Waals surface area contributed by atoms with Crippen LogP contribution in [0.1, 0.15) is 23.2 Å². The van der Waals surface area contributed by atoms with Gasteiger partial charge in [-0.25, -0.2) is 9.48 Å². The van der Waals surface area contributed by atoms with Gasteiger partial charge < -0.3 is 15.5 Å². The fourth-order valence-electron chi connectivity index (χ4n) is 3.36. The second-order valence-corrected chi connectivity index (χ2v) is 7.34. The molecule has 1 aliphatic rings. The third-order valence-electron chi connectivity index (χ3n) is 4.87. The number of nitrogens with zero attached hydrogens (tertiary/aromatic N) is 4. The summed E-state index contributed by atoms with van der Waals surface area (Å²) in [5.41, 5.74) is 2.78. The molecule has 3 aromatic rings. The fourth-order valence-corrected chi connectivity index (χ4v) is 3.48. The van der Waals surface area contributed by atoms with Crippen molar-refractivity contribution in [1.82, 2.24) is 25.2 Å². The van der Waals surface area contributed by atoms with Gasteiger partial charge in [0, 0.05) is 35.9 Å². The molecule has 3 amide bonds. The van der Waals surface area contributed by atoms with Crippen molar-refractivity contribution in [2.24, 2.45) is 0 Å². The molecule has 1 fully saturated rings. The molecular formula is C20H21ClN6O2. The highest BCUT2D eigenvalue weighted by Gasteiger charge is 2.20. The number of carbonyl (C=O) groups excluding carboxylic acids is 2. The topological polar surface area (TPSA) is 92.1 Å². The molecule has 9 heteroatoms. The fraction of sp³-hybridized carbons (Fsp3) is 0.300. The van der Waals surface area contributed by atoms with Crippen molar-refractivity contribution in [2.45, 2.75) is 19.4 Å². The maximum atomic E-state index is 12.5. The van der Waals surface area contributed by atoms with E-state index in [1.54, 1.807) is 35.0 Å². The quantitative estimate of drug-likeness (QED) is 0.673. The Bertz CT molecular complexity index is 1030. The molecule has 0 spiro atoms. The van der Waals surface area contributed by atoms with E-state index >= 15 is 0 Å². The first-order valence-electron chi connectivity index (χ1n) is 9.53. The number of urea groups is 1. The lowest BCUT2D eigenvalue weighted by Crippen LogP contribution is -2.31. The van der Waals surface area contributed by atoms with E-state index in [-0.39, 0.29) is 11.9 Å². The van der Waals surface area contributed by atoms with Crippen molar-refractivity contribution >= 4 is 40.3 Å². The average molecular weight is 413 g/mol. The molecule has 1 aliphatic heterocycles. The van der Waals surface area contributed by atoms with E-state index < -0.39 is 0 Å². The number of halogens is 1. The maximum absolute atomic E-state index is 12.5. The highest BCUT2D eigenvalue weighted by molar-refractivity contribution is 6.30. The smallest absolute Gasteiger partial charge is 0.319 e. The molecule has 4 rings (SSSR count). The number of nitrogens with one attached hydrogen (secondary N) is 2. The SMILES string of the molecule is O=C(NCCn1nnc2cc(C(=O)N3CCCC3)ccc21)Nc1ccc(Cl)cc1. The van der Waals surface area contributed by atoms with Gasteiger partial charge in [-0.3, -0.25) is 4.79 Å². The van der Waals surface area contributed by atoms with E-state index in [1.807, 2.05) is 17.0 Å². The molecule has 0 aliphatic carbocycles. The third-order valence-corrected chi connectivity index (χ3v) is 5.12. The number of likely N-dealkylation sites (tertiary alicyclic amines) is 1. The van der Waals surface area contributed by atoms with Crippen LogP contribution >= 0.6 is 11.6 Å². The van der Waals surface area contributed by atoms with Crippen molar-refractivity contribution < 1.29 is 9.59 Å². The van der Waals surface area contributed by atoms with Crippen LogP contribution in [0.5, 0.6) is 0 Å². The van der Waals surface area contributed by atoms with Gasteiger partial charge in [-0.05, 0) is 55.3 Å². The number of amides is 3. The summed E-state index contributed by atoms with van der Waals surface area (Å²) in [6, 6.07) is 12.0. The minimum absolute atomic E-state index is 0.0412. The Balaban J connectivity index is 1.34. The van der Waals surface area contributed by atoms with Gasteiger partial charge in [0.25, 0.3) is 5.91 Å². The first kappa shape index (κ1) is 19.2. The average Bonchev–Trinajstić information content (AvgIpc) is 3.39. The standard InChI is InChI=1S/C20H21ClN6O2/c21-15-4-6-16(7-5-15)23-20(29)22-9-12-27-18-8-3-14(13-17(18)24-25-27)19(28)26-10-1-2-11-26/h3-8,13H,1-2,9-12H2,(H2,22,23,29). The van der Waals surface area contributed by atoms with Crippen LogP contribution in [0, 0.1) is 0 Å². The molecule has 2 aromatic carbocycles. The van der Waals surface area contributed by atoms with Crippen LogP contribution in [0.25, 0.3) is 11.0 Å². The Morgan fingerprint density at radius 1 is 1.07 bits per heavy atom. The molecule has 0 unspecified atom stereocenters. The lowest BCUT2D eigenvalue weighted by molar-refractivity contribution is 0.0793. The molecule has 0 radical (unpaired) electrons. The molecule has 2 heterocycles. The summed E-state index contributed by atoms with van der Waals surface area (Å²) in [6.07, 6.45) is 2.12. The van der Waals surface area contributed by atoms with Crippen LogP contribution in [0.4, 0.5) is 10.5 Å². The summed E-state index contributed by atoms with van der Waals surface area (Å²) >= 11 is 5.83. The number of benzene rings is 2. The van der Waals surface area contributed by atoms with Crippen LogP contribution in [0.2, 0.25) is 5.02 Å². The lowest BCUT2D eigenvalue weighted by atomic mass is 10.1. The predicted octanol–water partition coefficient (Wildman–Crippen LogP) is 3.14. The van der Waals surface area contributed by atoms with Crippen LogP contribution in [0.3, 0.4) is 0 Å². The first-order valence-corrected chi connectivity index (χ1v) is 9.91. The molecule has 1 aromatic heterocycles. The Labute approximate surface area is 172 Å². The van der Waals surface area contributed by atoms with Gasteiger partial charge in [-0.15, -0.1) is 5.10 Å². The van der Waals surface area contributed by atoms with E-state index in [9.17, 15) is 9.59 Å². The minimum atomic E-state index is -0.310. The van der Waals surface area contributed by atoms with Gasteiger partial charge in [-0.1, -0.05) is 16.8 Å². The van der Waals surface area contributed by atoms with Gasteiger partial charge in [0.1, 0.15) is 5.52 Å². The van der Waals surface area contributed by atoms with E-state index in [4.69, 9.17) is 11.6 Å². The number of anilines is 1. The largest absolute Gasteiger partial charge is 0.339 e. The zero-order chi connectivity index (χ0) is 20.2. The zero-order valence-electron chi connectivity index (χ0n) is 15.8. The van der Waals surface area contributed by atoms with Crippen LogP contribution in [0.15, 0.2) is 42.5 Å². The van der Waals surface area contributed by atoms with Gasteiger partial charge in [-0.2, -0.15) is 0 Å². The number of fused-ring (bicyclic) bond motifs is 1. The van der Waals surface area contributed by atoms with E-state index in [0.717, 1.165) is 31.4 Å². The Morgan fingerprint density at radius 2 is 1.83 bits per heavy atom. The second kappa shape index (κ2) is 8.48. The molecule has 8 nitrogen and oxygen atoms in total. The van der Waals surface area contributed by atoms with Crippen molar-refractivity contribution in [1.29, 1.82) is 0 Å². The van der Waals surface area contributed by atoms with Gasteiger partial charge >= 0.3 is 6.03 Å². The number of aromatic nitrogens is 3. The summed E-state index contributed by atoms with van der Waals surface area (Å²) < 4.78 is 1.71. The van der Waals surface area contributed by atoms with E-state index in [1.165, 1.54) is 0 Å². The Kier molecular flexibility index (Phi) is 5.62. The normalized spacial score (nSPS) is 13.6. The van der Waals surface area contributed by atoms with Crippen LogP contribution in [-0.2, 0) is 6.54 Å². The number of rotatable bonds is 5. The maximum Gasteiger partial charge on any atom is 0.319 e. The van der Waals surface area contributed by atoms with Gasteiger partial charge in [0.15, 0.2) is 0 Å². The van der Waals surface area contributed by atoms with Crippen LogP contribution < -0.4 is 10.6 Å². The van der Waals surface area contributed by atoms with Crippen molar-refractivity contribution in [3.05, 3.63) is 53.1 Å². The lowest BCUT2D eigenvalue weighted by Gasteiger charge is -2.14. The highest BCUT2D eigenvalue weighted by atomic mass is 35.5. The molecule has 29 heavy (non-hydrogen) atoms.